The summed E-state index contributed by atoms with van der Waals surface area (Å²) in [6.45, 7) is 9.79. The van der Waals surface area contributed by atoms with E-state index in [0.717, 1.165) is 39.0 Å². The van der Waals surface area contributed by atoms with Crippen LogP contribution in [0.25, 0.3) is 0 Å². The van der Waals surface area contributed by atoms with Gasteiger partial charge in [0.05, 0.1) is 0 Å². The molecule has 4 nitrogen and oxygen atoms in total. The van der Waals surface area contributed by atoms with E-state index in [1.807, 2.05) is 25.7 Å². The van der Waals surface area contributed by atoms with Gasteiger partial charge >= 0.3 is 0 Å². The molecule has 19 heavy (non-hydrogen) atoms. The molecule has 0 aromatic heterocycles. The molecule has 0 aromatic carbocycles. The van der Waals surface area contributed by atoms with E-state index in [-0.39, 0.29) is 11.3 Å². The molecule has 0 aliphatic rings. The Labute approximate surface area is 119 Å². The first kappa shape index (κ1) is 18.4. The predicted molar refractivity (Wildman–Crippen MR) is 82.4 cm³/mol. The van der Waals surface area contributed by atoms with E-state index >= 15 is 0 Å². The van der Waals surface area contributed by atoms with Crippen molar-refractivity contribution in [3.05, 3.63) is 0 Å². The topological polar surface area (TPSA) is 26.8 Å². The van der Waals surface area contributed by atoms with Crippen LogP contribution in [0.4, 0.5) is 0 Å². The standard InChI is InChI=1S/C15H33N3O/c1-15(2,3)14(19)18(12-8-10-16(4)5)13-9-11-17(6)7/h8-13H2,1-7H3. The maximum absolute atomic E-state index is 12.4. The van der Waals surface area contributed by atoms with Crippen LogP contribution in [0.3, 0.4) is 0 Å². The third-order valence-corrected chi connectivity index (χ3v) is 3.00. The zero-order chi connectivity index (χ0) is 15.1. The predicted octanol–water partition coefficient (Wildman–Crippen LogP) is 1.76. The fourth-order valence-corrected chi connectivity index (χ4v) is 1.94. The number of nitrogens with zero attached hydrogens (tertiary/aromatic N) is 3. The van der Waals surface area contributed by atoms with E-state index in [1.54, 1.807) is 0 Å². The van der Waals surface area contributed by atoms with Gasteiger partial charge in [0.2, 0.25) is 5.91 Å². The second kappa shape index (κ2) is 8.54. The van der Waals surface area contributed by atoms with Crippen LogP contribution >= 0.6 is 0 Å². The van der Waals surface area contributed by atoms with Gasteiger partial charge in [0.25, 0.3) is 0 Å². The van der Waals surface area contributed by atoms with Gasteiger partial charge in [-0.15, -0.1) is 0 Å². The van der Waals surface area contributed by atoms with E-state index < -0.39 is 0 Å². The van der Waals surface area contributed by atoms with Crippen molar-refractivity contribution in [3.63, 3.8) is 0 Å². The fourth-order valence-electron chi connectivity index (χ4n) is 1.94. The number of carbonyl (C=O) groups is 1. The van der Waals surface area contributed by atoms with Crippen molar-refractivity contribution in [3.8, 4) is 0 Å². The quantitative estimate of drug-likeness (QED) is 0.673. The van der Waals surface area contributed by atoms with Crippen molar-refractivity contribution in [2.45, 2.75) is 33.6 Å². The van der Waals surface area contributed by atoms with E-state index in [1.165, 1.54) is 0 Å². The first-order valence-corrected chi connectivity index (χ1v) is 7.23. The van der Waals surface area contributed by atoms with Gasteiger partial charge in [0.15, 0.2) is 0 Å². The van der Waals surface area contributed by atoms with Crippen LogP contribution in [0, 0.1) is 5.41 Å². The number of carbonyl (C=O) groups excluding carboxylic acids is 1. The Morgan fingerprint density at radius 1 is 0.789 bits per heavy atom. The average molecular weight is 271 g/mol. The average Bonchev–Trinajstić information content (AvgIpc) is 2.23. The molecule has 0 atom stereocenters. The molecule has 0 N–H and O–H groups in total. The molecule has 0 spiro atoms. The summed E-state index contributed by atoms with van der Waals surface area (Å²) in [7, 11) is 8.29. The molecule has 0 rings (SSSR count). The molecule has 0 fully saturated rings. The monoisotopic (exact) mass is 271 g/mol. The minimum absolute atomic E-state index is 0.269. The van der Waals surface area contributed by atoms with Gasteiger partial charge in [-0.05, 0) is 54.1 Å². The Balaban J connectivity index is 4.34. The van der Waals surface area contributed by atoms with Crippen LogP contribution < -0.4 is 0 Å². The first-order valence-electron chi connectivity index (χ1n) is 7.23. The maximum atomic E-state index is 12.4. The molecule has 0 heterocycles. The molecular formula is C15H33N3O. The highest BCUT2D eigenvalue weighted by Gasteiger charge is 2.26. The van der Waals surface area contributed by atoms with Crippen LogP contribution in [0.5, 0.6) is 0 Å². The van der Waals surface area contributed by atoms with Crippen LogP contribution in [-0.4, -0.2) is 75.0 Å². The van der Waals surface area contributed by atoms with Gasteiger partial charge in [-0.2, -0.15) is 0 Å². The lowest BCUT2D eigenvalue weighted by Gasteiger charge is -2.30. The van der Waals surface area contributed by atoms with E-state index in [0.29, 0.717) is 0 Å². The molecule has 114 valence electrons. The number of amides is 1. The van der Waals surface area contributed by atoms with E-state index in [9.17, 15) is 4.79 Å². The second-order valence-electron chi connectivity index (χ2n) is 6.86. The molecule has 0 saturated heterocycles. The third-order valence-electron chi connectivity index (χ3n) is 3.00. The van der Waals surface area contributed by atoms with Gasteiger partial charge in [-0.3, -0.25) is 4.79 Å². The van der Waals surface area contributed by atoms with Gasteiger partial charge in [-0.25, -0.2) is 0 Å². The molecule has 0 aliphatic carbocycles. The highest BCUT2D eigenvalue weighted by molar-refractivity contribution is 5.81. The Hall–Kier alpha value is -0.610. The number of hydrogen-bond donors (Lipinski definition) is 0. The summed E-state index contributed by atoms with van der Waals surface area (Å²) in [5, 5.41) is 0. The van der Waals surface area contributed by atoms with Gasteiger partial charge in [-0.1, -0.05) is 20.8 Å². The Bertz CT molecular complexity index is 243. The molecular weight excluding hydrogens is 238 g/mol. The molecule has 0 bridgehead atoms. The van der Waals surface area contributed by atoms with Crippen molar-refractivity contribution < 1.29 is 4.79 Å². The fraction of sp³-hybridized carbons (Fsp3) is 0.933. The highest BCUT2D eigenvalue weighted by Crippen LogP contribution is 2.17. The van der Waals surface area contributed by atoms with Crippen LogP contribution in [0.15, 0.2) is 0 Å². The molecule has 0 unspecified atom stereocenters. The normalized spacial score (nSPS) is 12.3. The van der Waals surface area contributed by atoms with Crippen LogP contribution in [0.2, 0.25) is 0 Å². The van der Waals surface area contributed by atoms with E-state index in [2.05, 4.69) is 38.0 Å². The lowest BCUT2D eigenvalue weighted by Crippen LogP contribution is -2.41. The first-order chi connectivity index (χ1) is 8.64. The van der Waals surface area contributed by atoms with Crippen LogP contribution in [0.1, 0.15) is 33.6 Å². The summed E-state index contributed by atoms with van der Waals surface area (Å²) >= 11 is 0. The summed E-state index contributed by atoms with van der Waals surface area (Å²) in [5.74, 6) is 0.269. The molecule has 0 radical (unpaired) electrons. The minimum Gasteiger partial charge on any atom is -0.342 e. The van der Waals surface area contributed by atoms with Crippen molar-refractivity contribution in [1.82, 2.24) is 14.7 Å². The van der Waals surface area contributed by atoms with Crippen LogP contribution in [-0.2, 0) is 4.79 Å². The highest BCUT2D eigenvalue weighted by atomic mass is 16.2. The number of rotatable bonds is 8. The zero-order valence-electron chi connectivity index (χ0n) is 14.0. The van der Waals surface area contributed by atoms with Crippen molar-refractivity contribution >= 4 is 5.91 Å². The third kappa shape index (κ3) is 9.00. The number of hydrogen-bond acceptors (Lipinski definition) is 3. The largest absolute Gasteiger partial charge is 0.342 e. The minimum atomic E-state index is -0.282. The molecule has 0 aromatic rings. The molecule has 1 amide bonds. The maximum Gasteiger partial charge on any atom is 0.227 e. The summed E-state index contributed by atoms with van der Waals surface area (Å²) in [6.07, 6.45) is 2.08. The van der Waals surface area contributed by atoms with Gasteiger partial charge in [0.1, 0.15) is 0 Å². The van der Waals surface area contributed by atoms with Gasteiger partial charge in [0, 0.05) is 18.5 Å². The Morgan fingerprint density at radius 3 is 1.42 bits per heavy atom. The van der Waals surface area contributed by atoms with Crippen molar-refractivity contribution in [2.75, 3.05) is 54.4 Å². The molecule has 4 heteroatoms. The lowest BCUT2D eigenvalue weighted by molar-refractivity contribution is -0.139. The Morgan fingerprint density at radius 2 is 1.16 bits per heavy atom. The summed E-state index contributed by atoms with van der Waals surface area (Å²) in [6, 6.07) is 0. The van der Waals surface area contributed by atoms with Gasteiger partial charge < -0.3 is 14.7 Å². The van der Waals surface area contributed by atoms with Crippen molar-refractivity contribution in [2.24, 2.45) is 5.41 Å². The second-order valence-corrected chi connectivity index (χ2v) is 6.86. The summed E-state index contributed by atoms with van der Waals surface area (Å²) in [4.78, 5) is 18.8. The van der Waals surface area contributed by atoms with E-state index in [4.69, 9.17) is 0 Å². The summed E-state index contributed by atoms with van der Waals surface area (Å²) < 4.78 is 0. The van der Waals surface area contributed by atoms with Crippen molar-refractivity contribution in [1.29, 1.82) is 0 Å². The Kier molecular flexibility index (Phi) is 8.26. The summed E-state index contributed by atoms with van der Waals surface area (Å²) in [5.41, 5.74) is -0.282. The SMILES string of the molecule is CN(C)CCCN(CCCN(C)C)C(=O)C(C)(C)C. The zero-order valence-corrected chi connectivity index (χ0v) is 14.0. The smallest absolute Gasteiger partial charge is 0.227 e. The molecule has 0 aliphatic heterocycles. The molecule has 0 saturated carbocycles. The lowest BCUT2D eigenvalue weighted by atomic mass is 9.94.